The molecule has 0 saturated carbocycles. The van der Waals surface area contributed by atoms with Crippen LogP contribution in [-0.4, -0.2) is 24.4 Å². The van der Waals surface area contributed by atoms with Gasteiger partial charge in [-0.15, -0.1) is 0 Å². The molecule has 1 amide bonds. The molecule has 0 aromatic rings. The summed E-state index contributed by atoms with van der Waals surface area (Å²) in [6.07, 6.45) is 1.31. The van der Waals surface area contributed by atoms with E-state index in [9.17, 15) is 4.79 Å². The Morgan fingerprint density at radius 2 is 2.22 bits per heavy atom. The standard InChI is InChI=1S/C6H11NO.H3N/c1-4-6(8)7(3)5-2;/h4H,1,5H2,2-3H3;1H3. The second-order valence-corrected chi connectivity index (χ2v) is 1.56. The first kappa shape index (κ1) is 11.0. The van der Waals surface area contributed by atoms with Gasteiger partial charge in [-0.05, 0) is 13.0 Å². The molecule has 9 heavy (non-hydrogen) atoms. The molecular weight excluding hydrogens is 116 g/mol. The zero-order valence-electron chi connectivity index (χ0n) is 6.05. The maximum absolute atomic E-state index is 10.6. The van der Waals surface area contributed by atoms with E-state index < -0.39 is 0 Å². The predicted octanol–water partition coefficient (Wildman–Crippen LogP) is 0.813. The average molecular weight is 130 g/mol. The molecule has 0 bridgehead atoms. The molecule has 0 aliphatic rings. The normalized spacial score (nSPS) is 7.33. The summed E-state index contributed by atoms with van der Waals surface area (Å²) in [6.45, 7) is 6.00. The SMILES string of the molecule is C=CC(=O)N(C)CC.N. The molecule has 0 saturated heterocycles. The van der Waals surface area contributed by atoms with Crippen LogP contribution in [0.25, 0.3) is 0 Å². The lowest BCUT2D eigenvalue weighted by Crippen LogP contribution is -2.23. The summed E-state index contributed by atoms with van der Waals surface area (Å²) in [7, 11) is 1.74. The second-order valence-electron chi connectivity index (χ2n) is 1.56. The van der Waals surface area contributed by atoms with E-state index >= 15 is 0 Å². The minimum absolute atomic E-state index is 0. The predicted molar refractivity (Wildman–Crippen MR) is 38.5 cm³/mol. The van der Waals surface area contributed by atoms with Gasteiger partial charge in [0.1, 0.15) is 0 Å². The first-order valence-electron chi connectivity index (χ1n) is 2.60. The van der Waals surface area contributed by atoms with E-state index in [-0.39, 0.29) is 12.1 Å². The van der Waals surface area contributed by atoms with Crippen LogP contribution in [0.3, 0.4) is 0 Å². The quantitative estimate of drug-likeness (QED) is 0.562. The highest BCUT2D eigenvalue weighted by Crippen LogP contribution is 1.81. The molecular formula is C6H14N2O. The van der Waals surface area contributed by atoms with Crippen molar-refractivity contribution >= 4 is 5.91 Å². The fraction of sp³-hybridized carbons (Fsp3) is 0.500. The van der Waals surface area contributed by atoms with Crippen LogP contribution in [0.2, 0.25) is 0 Å². The van der Waals surface area contributed by atoms with Crippen LogP contribution in [0.5, 0.6) is 0 Å². The lowest BCUT2D eigenvalue weighted by Gasteiger charge is -2.09. The molecule has 54 valence electrons. The molecule has 3 N–H and O–H groups in total. The van der Waals surface area contributed by atoms with Crippen LogP contribution < -0.4 is 6.15 Å². The van der Waals surface area contributed by atoms with Gasteiger partial charge in [-0.3, -0.25) is 4.79 Å². The molecule has 0 rings (SSSR count). The average Bonchev–Trinajstić information content (AvgIpc) is 1.84. The van der Waals surface area contributed by atoms with Crippen molar-refractivity contribution < 1.29 is 4.79 Å². The fourth-order valence-electron chi connectivity index (χ4n) is 0.312. The van der Waals surface area contributed by atoms with E-state index in [1.165, 1.54) is 6.08 Å². The van der Waals surface area contributed by atoms with Crippen LogP contribution >= 0.6 is 0 Å². The van der Waals surface area contributed by atoms with Crippen LogP contribution in [0.4, 0.5) is 0 Å². The molecule has 0 atom stereocenters. The lowest BCUT2D eigenvalue weighted by atomic mass is 10.5. The summed E-state index contributed by atoms with van der Waals surface area (Å²) < 4.78 is 0. The molecule has 0 radical (unpaired) electrons. The van der Waals surface area contributed by atoms with Crippen molar-refractivity contribution in [1.29, 1.82) is 0 Å². The smallest absolute Gasteiger partial charge is 0.245 e. The topological polar surface area (TPSA) is 55.3 Å². The maximum atomic E-state index is 10.6. The van der Waals surface area contributed by atoms with E-state index in [0.29, 0.717) is 0 Å². The molecule has 0 aromatic carbocycles. The van der Waals surface area contributed by atoms with Gasteiger partial charge in [0.05, 0.1) is 0 Å². The Morgan fingerprint density at radius 1 is 1.78 bits per heavy atom. The van der Waals surface area contributed by atoms with Gasteiger partial charge in [-0.25, -0.2) is 0 Å². The van der Waals surface area contributed by atoms with Crippen molar-refractivity contribution in [1.82, 2.24) is 11.1 Å². The van der Waals surface area contributed by atoms with Crippen molar-refractivity contribution in [2.24, 2.45) is 0 Å². The highest BCUT2D eigenvalue weighted by molar-refractivity contribution is 5.86. The van der Waals surface area contributed by atoms with Gasteiger partial charge in [0, 0.05) is 13.6 Å². The Morgan fingerprint density at radius 3 is 2.33 bits per heavy atom. The number of nitrogens with zero attached hydrogens (tertiary/aromatic N) is 1. The summed E-state index contributed by atoms with van der Waals surface area (Å²) >= 11 is 0. The number of likely N-dealkylation sites (N-methyl/N-ethyl adjacent to an activating group) is 1. The van der Waals surface area contributed by atoms with Gasteiger partial charge in [0.2, 0.25) is 5.91 Å². The molecule has 3 nitrogen and oxygen atoms in total. The third-order valence-corrected chi connectivity index (χ3v) is 1.03. The van der Waals surface area contributed by atoms with Crippen molar-refractivity contribution in [3.63, 3.8) is 0 Å². The molecule has 3 heteroatoms. The van der Waals surface area contributed by atoms with Crippen molar-refractivity contribution in [2.75, 3.05) is 13.6 Å². The number of hydrogen-bond donors (Lipinski definition) is 1. The Bertz CT molecular complexity index is 101. The number of carbonyl (C=O) groups is 1. The molecule has 0 aliphatic heterocycles. The number of carbonyl (C=O) groups excluding carboxylic acids is 1. The Balaban J connectivity index is 0. The van der Waals surface area contributed by atoms with Gasteiger partial charge >= 0.3 is 0 Å². The zero-order valence-corrected chi connectivity index (χ0v) is 6.05. The Hall–Kier alpha value is -0.830. The van der Waals surface area contributed by atoms with Gasteiger partial charge in [-0.1, -0.05) is 6.58 Å². The summed E-state index contributed by atoms with van der Waals surface area (Å²) in [5.41, 5.74) is 0. The number of hydrogen-bond acceptors (Lipinski definition) is 2. The van der Waals surface area contributed by atoms with E-state index in [1.54, 1.807) is 11.9 Å². The van der Waals surface area contributed by atoms with Crippen LogP contribution in [-0.2, 0) is 4.79 Å². The van der Waals surface area contributed by atoms with Crippen LogP contribution in [0, 0.1) is 0 Å². The van der Waals surface area contributed by atoms with E-state index in [1.807, 2.05) is 6.92 Å². The highest BCUT2D eigenvalue weighted by Gasteiger charge is 1.96. The lowest BCUT2D eigenvalue weighted by molar-refractivity contribution is -0.124. The van der Waals surface area contributed by atoms with E-state index in [4.69, 9.17) is 0 Å². The molecule has 0 aliphatic carbocycles. The summed E-state index contributed by atoms with van der Waals surface area (Å²) in [5, 5.41) is 0. The van der Waals surface area contributed by atoms with Gasteiger partial charge in [0.25, 0.3) is 0 Å². The largest absolute Gasteiger partial charge is 0.344 e. The highest BCUT2D eigenvalue weighted by atomic mass is 16.2. The minimum Gasteiger partial charge on any atom is -0.344 e. The molecule has 0 heterocycles. The monoisotopic (exact) mass is 130 g/mol. The first-order valence-corrected chi connectivity index (χ1v) is 2.60. The van der Waals surface area contributed by atoms with Gasteiger partial charge < -0.3 is 11.1 Å². The van der Waals surface area contributed by atoms with Gasteiger partial charge in [-0.2, -0.15) is 0 Å². The van der Waals surface area contributed by atoms with Crippen LogP contribution in [0.15, 0.2) is 12.7 Å². The van der Waals surface area contributed by atoms with Crippen molar-refractivity contribution in [3.8, 4) is 0 Å². The third-order valence-electron chi connectivity index (χ3n) is 1.03. The maximum Gasteiger partial charge on any atom is 0.245 e. The number of rotatable bonds is 2. The van der Waals surface area contributed by atoms with Crippen molar-refractivity contribution in [3.05, 3.63) is 12.7 Å². The summed E-state index contributed by atoms with van der Waals surface area (Å²) in [4.78, 5) is 12.1. The van der Waals surface area contributed by atoms with Crippen molar-refractivity contribution in [2.45, 2.75) is 6.92 Å². The minimum atomic E-state index is -0.0208. The zero-order chi connectivity index (χ0) is 6.57. The summed E-state index contributed by atoms with van der Waals surface area (Å²) in [6, 6.07) is 0. The number of amides is 1. The second kappa shape index (κ2) is 5.31. The fourth-order valence-corrected chi connectivity index (χ4v) is 0.312. The van der Waals surface area contributed by atoms with E-state index in [2.05, 4.69) is 6.58 Å². The Labute approximate surface area is 55.9 Å². The molecule has 0 aromatic heterocycles. The Kier molecular flexibility index (Phi) is 6.51. The van der Waals surface area contributed by atoms with Crippen LogP contribution in [0.1, 0.15) is 6.92 Å². The molecule has 0 fully saturated rings. The molecule has 0 unspecified atom stereocenters. The molecule has 0 spiro atoms. The van der Waals surface area contributed by atoms with E-state index in [0.717, 1.165) is 6.54 Å². The van der Waals surface area contributed by atoms with Gasteiger partial charge in [0.15, 0.2) is 0 Å². The first-order chi connectivity index (χ1) is 3.72. The summed E-state index contributed by atoms with van der Waals surface area (Å²) in [5.74, 6) is -0.0208. The third kappa shape index (κ3) is 3.73.